The van der Waals surface area contributed by atoms with E-state index in [4.69, 9.17) is 0 Å². The first-order valence-electron chi connectivity index (χ1n) is 4.80. The number of rotatable bonds is 2. The number of hydrogen-bond acceptors (Lipinski definition) is 3. The summed E-state index contributed by atoms with van der Waals surface area (Å²) in [4.78, 5) is 22.4. The molecule has 4 nitrogen and oxygen atoms in total. The van der Waals surface area contributed by atoms with E-state index >= 15 is 0 Å². The average Bonchev–Trinajstić information content (AvgIpc) is 2.30. The van der Waals surface area contributed by atoms with E-state index in [2.05, 4.69) is 15.0 Å². The SMILES string of the molecule is CCc1cnc(-c2cccnc2)[nH]c1=O. The Bertz CT molecular complexity index is 505. The third-order valence-electron chi connectivity index (χ3n) is 2.19. The maximum atomic E-state index is 11.5. The van der Waals surface area contributed by atoms with Crippen molar-refractivity contribution in [3.05, 3.63) is 46.6 Å². The van der Waals surface area contributed by atoms with Crippen LogP contribution in [0.3, 0.4) is 0 Å². The van der Waals surface area contributed by atoms with Gasteiger partial charge in [-0.05, 0) is 18.6 Å². The summed E-state index contributed by atoms with van der Waals surface area (Å²) < 4.78 is 0. The fourth-order valence-corrected chi connectivity index (χ4v) is 1.32. The lowest BCUT2D eigenvalue weighted by atomic mass is 10.2. The zero-order valence-electron chi connectivity index (χ0n) is 8.40. The first-order chi connectivity index (χ1) is 7.31. The quantitative estimate of drug-likeness (QED) is 0.798. The first kappa shape index (κ1) is 9.58. The Labute approximate surface area is 87.0 Å². The van der Waals surface area contributed by atoms with Crippen molar-refractivity contribution in [2.45, 2.75) is 13.3 Å². The van der Waals surface area contributed by atoms with Crippen LogP contribution in [0.4, 0.5) is 0 Å². The Balaban J connectivity index is 2.48. The van der Waals surface area contributed by atoms with Gasteiger partial charge in [0.05, 0.1) is 0 Å². The van der Waals surface area contributed by atoms with Crippen LogP contribution < -0.4 is 5.56 Å². The van der Waals surface area contributed by atoms with E-state index in [-0.39, 0.29) is 5.56 Å². The van der Waals surface area contributed by atoms with Gasteiger partial charge in [-0.15, -0.1) is 0 Å². The Morgan fingerprint density at radius 3 is 2.87 bits per heavy atom. The molecule has 0 aliphatic carbocycles. The van der Waals surface area contributed by atoms with Gasteiger partial charge < -0.3 is 4.98 Å². The molecule has 2 heterocycles. The number of nitrogens with one attached hydrogen (secondary N) is 1. The second-order valence-electron chi connectivity index (χ2n) is 3.18. The van der Waals surface area contributed by atoms with Crippen molar-refractivity contribution in [3.63, 3.8) is 0 Å². The fourth-order valence-electron chi connectivity index (χ4n) is 1.32. The normalized spacial score (nSPS) is 10.2. The number of aromatic amines is 1. The first-order valence-corrected chi connectivity index (χ1v) is 4.80. The van der Waals surface area contributed by atoms with Gasteiger partial charge in [0.25, 0.3) is 5.56 Å². The van der Waals surface area contributed by atoms with Crippen molar-refractivity contribution in [1.29, 1.82) is 0 Å². The van der Waals surface area contributed by atoms with Gasteiger partial charge in [0, 0.05) is 29.7 Å². The van der Waals surface area contributed by atoms with E-state index < -0.39 is 0 Å². The van der Waals surface area contributed by atoms with Gasteiger partial charge in [0.1, 0.15) is 5.82 Å². The minimum Gasteiger partial charge on any atom is -0.306 e. The monoisotopic (exact) mass is 201 g/mol. The predicted octanol–water partition coefficient (Wildman–Crippen LogP) is 1.39. The summed E-state index contributed by atoms with van der Waals surface area (Å²) in [5.74, 6) is 0.560. The van der Waals surface area contributed by atoms with Gasteiger partial charge >= 0.3 is 0 Å². The molecule has 0 aromatic carbocycles. The molecule has 4 heteroatoms. The van der Waals surface area contributed by atoms with E-state index in [0.29, 0.717) is 17.8 Å². The maximum Gasteiger partial charge on any atom is 0.254 e. The van der Waals surface area contributed by atoms with Crippen molar-refractivity contribution in [2.24, 2.45) is 0 Å². The molecular weight excluding hydrogens is 190 g/mol. The summed E-state index contributed by atoms with van der Waals surface area (Å²) in [6.07, 6.45) is 5.66. The Morgan fingerprint density at radius 1 is 1.40 bits per heavy atom. The molecule has 0 bridgehead atoms. The number of hydrogen-bond donors (Lipinski definition) is 1. The molecule has 15 heavy (non-hydrogen) atoms. The van der Waals surface area contributed by atoms with Crippen LogP contribution in [0.5, 0.6) is 0 Å². The van der Waals surface area contributed by atoms with E-state index in [1.165, 1.54) is 0 Å². The van der Waals surface area contributed by atoms with Crippen LogP contribution in [0.25, 0.3) is 11.4 Å². The standard InChI is InChI=1S/C11H11N3O/c1-2-8-7-13-10(14-11(8)15)9-4-3-5-12-6-9/h3-7H,2H2,1H3,(H,13,14,15). The van der Waals surface area contributed by atoms with Crippen molar-refractivity contribution in [2.75, 3.05) is 0 Å². The van der Waals surface area contributed by atoms with Gasteiger partial charge in [-0.25, -0.2) is 4.98 Å². The molecule has 0 aliphatic heterocycles. The Hall–Kier alpha value is -1.97. The highest BCUT2D eigenvalue weighted by molar-refractivity contribution is 5.52. The van der Waals surface area contributed by atoms with E-state index in [9.17, 15) is 4.79 Å². The zero-order chi connectivity index (χ0) is 10.7. The minimum absolute atomic E-state index is 0.0775. The van der Waals surface area contributed by atoms with Crippen LogP contribution in [0.2, 0.25) is 0 Å². The van der Waals surface area contributed by atoms with E-state index in [1.54, 1.807) is 18.6 Å². The number of nitrogens with zero attached hydrogens (tertiary/aromatic N) is 2. The molecule has 0 spiro atoms. The topological polar surface area (TPSA) is 58.6 Å². The highest BCUT2D eigenvalue weighted by Gasteiger charge is 2.02. The Morgan fingerprint density at radius 2 is 2.27 bits per heavy atom. The largest absolute Gasteiger partial charge is 0.306 e. The number of aryl methyl sites for hydroxylation is 1. The summed E-state index contributed by atoms with van der Waals surface area (Å²) >= 11 is 0. The Kier molecular flexibility index (Phi) is 2.58. The summed E-state index contributed by atoms with van der Waals surface area (Å²) in [5.41, 5.74) is 1.44. The summed E-state index contributed by atoms with van der Waals surface area (Å²) in [6, 6.07) is 3.67. The van der Waals surface area contributed by atoms with Crippen LogP contribution in [-0.2, 0) is 6.42 Å². The average molecular weight is 201 g/mol. The number of H-pyrrole nitrogens is 1. The highest BCUT2D eigenvalue weighted by Crippen LogP contribution is 2.09. The molecule has 0 fully saturated rings. The third kappa shape index (κ3) is 1.93. The fraction of sp³-hybridized carbons (Fsp3) is 0.182. The molecule has 0 unspecified atom stereocenters. The molecule has 0 radical (unpaired) electrons. The molecule has 1 N–H and O–H groups in total. The van der Waals surface area contributed by atoms with E-state index in [1.807, 2.05) is 19.1 Å². The van der Waals surface area contributed by atoms with Crippen LogP contribution in [0.1, 0.15) is 12.5 Å². The van der Waals surface area contributed by atoms with Crippen LogP contribution in [-0.4, -0.2) is 15.0 Å². The highest BCUT2D eigenvalue weighted by atomic mass is 16.1. The molecule has 0 amide bonds. The van der Waals surface area contributed by atoms with Gasteiger partial charge in [0.15, 0.2) is 0 Å². The van der Waals surface area contributed by atoms with E-state index in [0.717, 1.165) is 5.56 Å². The second kappa shape index (κ2) is 4.04. The smallest absolute Gasteiger partial charge is 0.254 e. The molecular formula is C11H11N3O. The molecule has 0 atom stereocenters. The minimum atomic E-state index is -0.0775. The molecule has 76 valence electrons. The van der Waals surface area contributed by atoms with Gasteiger partial charge in [-0.3, -0.25) is 9.78 Å². The van der Waals surface area contributed by atoms with Crippen LogP contribution >= 0.6 is 0 Å². The third-order valence-corrected chi connectivity index (χ3v) is 2.19. The molecule has 0 aliphatic rings. The lowest BCUT2D eigenvalue weighted by Gasteiger charge is -2.00. The van der Waals surface area contributed by atoms with Crippen molar-refractivity contribution < 1.29 is 0 Å². The van der Waals surface area contributed by atoms with Gasteiger partial charge in [-0.1, -0.05) is 6.92 Å². The number of aromatic nitrogens is 3. The zero-order valence-corrected chi connectivity index (χ0v) is 8.40. The summed E-state index contributed by atoms with van der Waals surface area (Å²) in [5, 5.41) is 0. The summed E-state index contributed by atoms with van der Waals surface area (Å²) in [7, 11) is 0. The predicted molar refractivity (Wildman–Crippen MR) is 57.5 cm³/mol. The molecule has 0 saturated heterocycles. The van der Waals surface area contributed by atoms with Crippen molar-refractivity contribution in [1.82, 2.24) is 15.0 Å². The maximum absolute atomic E-state index is 11.5. The molecule has 2 aromatic heterocycles. The molecule has 0 saturated carbocycles. The lowest BCUT2D eigenvalue weighted by molar-refractivity contribution is 1.01. The van der Waals surface area contributed by atoms with Gasteiger partial charge in [0.2, 0.25) is 0 Å². The van der Waals surface area contributed by atoms with Gasteiger partial charge in [-0.2, -0.15) is 0 Å². The summed E-state index contributed by atoms with van der Waals surface area (Å²) in [6.45, 7) is 1.93. The van der Waals surface area contributed by atoms with Crippen molar-refractivity contribution in [3.8, 4) is 11.4 Å². The van der Waals surface area contributed by atoms with Crippen LogP contribution in [0.15, 0.2) is 35.5 Å². The van der Waals surface area contributed by atoms with Crippen molar-refractivity contribution >= 4 is 0 Å². The molecule has 2 aromatic rings. The number of pyridine rings is 1. The molecule has 2 rings (SSSR count). The second-order valence-corrected chi connectivity index (χ2v) is 3.18. The lowest BCUT2D eigenvalue weighted by Crippen LogP contribution is -2.13. The van der Waals surface area contributed by atoms with Crippen LogP contribution in [0, 0.1) is 0 Å².